The summed E-state index contributed by atoms with van der Waals surface area (Å²) in [6, 6.07) is 5.01. The summed E-state index contributed by atoms with van der Waals surface area (Å²) in [5, 5.41) is 0. The van der Waals surface area contributed by atoms with Crippen molar-refractivity contribution in [3.05, 3.63) is 52.8 Å². The third-order valence-corrected chi connectivity index (χ3v) is 4.32. The predicted molar refractivity (Wildman–Crippen MR) is 75.8 cm³/mol. The summed E-state index contributed by atoms with van der Waals surface area (Å²) in [4.78, 5) is 11.8. The third-order valence-electron chi connectivity index (χ3n) is 3.78. The Labute approximate surface area is 131 Å². The maximum atomic E-state index is 13.6. The van der Waals surface area contributed by atoms with Crippen LogP contribution in [-0.4, -0.2) is 14.7 Å². The zero-order valence-electron chi connectivity index (χ0n) is 11.3. The number of aromatic nitrogens is 2. The molecule has 0 N–H and O–H groups in total. The molecule has 3 aromatic rings. The molecule has 0 aliphatic carbocycles. The highest BCUT2D eigenvalue weighted by atomic mass is 32.1. The lowest BCUT2D eigenvalue weighted by Gasteiger charge is -2.25. The van der Waals surface area contributed by atoms with Gasteiger partial charge in [0.15, 0.2) is 17.5 Å². The van der Waals surface area contributed by atoms with E-state index in [-0.39, 0.29) is 17.7 Å². The van der Waals surface area contributed by atoms with E-state index in [0.29, 0.717) is 16.6 Å². The molecule has 1 aromatic heterocycles. The molecule has 4 rings (SSSR count). The molecule has 0 spiro atoms. The molecule has 0 bridgehead atoms. The SMILES string of the molecule is O=C1C[C@@H](c2cc(F)c(F)c(F)c2)c2c(ccc3nsnc23)O1. The van der Waals surface area contributed by atoms with Crippen LogP contribution in [0.5, 0.6) is 5.75 Å². The molecule has 116 valence electrons. The van der Waals surface area contributed by atoms with Gasteiger partial charge < -0.3 is 4.74 Å². The van der Waals surface area contributed by atoms with E-state index in [1.807, 2.05) is 0 Å². The zero-order chi connectivity index (χ0) is 16.1. The topological polar surface area (TPSA) is 52.1 Å². The normalized spacial score (nSPS) is 17.2. The van der Waals surface area contributed by atoms with Crippen LogP contribution in [0, 0.1) is 17.5 Å². The average Bonchev–Trinajstić information content (AvgIpc) is 2.99. The Bertz CT molecular complexity index is 934. The molecule has 0 saturated carbocycles. The van der Waals surface area contributed by atoms with Gasteiger partial charge >= 0.3 is 5.97 Å². The van der Waals surface area contributed by atoms with Crippen LogP contribution >= 0.6 is 11.7 Å². The van der Waals surface area contributed by atoms with Crippen LogP contribution in [0.15, 0.2) is 24.3 Å². The van der Waals surface area contributed by atoms with E-state index in [4.69, 9.17) is 4.74 Å². The molecule has 2 heterocycles. The summed E-state index contributed by atoms with van der Waals surface area (Å²) in [7, 11) is 0. The number of fused-ring (bicyclic) bond motifs is 3. The highest BCUT2D eigenvalue weighted by Gasteiger charge is 2.32. The van der Waals surface area contributed by atoms with Gasteiger partial charge in [-0.3, -0.25) is 4.79 Å². The molecule has 0 amide bonds. The minimum atomic E-state index is -1.54. The Morgan fingerprint density at radius 2 is 1.87 bits per heavy atom. The fraction of sp³-hybridized carbons (Fsp3) is 0.133. The molecule has 0 saturated heterocycles. The van der Waals surface area contributed by atoms with Crippen molar-refractivity contribution in [2.45, 2.75) is 12.3 Å². The summed E-state index contributed by atoms with van der Waals surface area (Å²) in [6.45, 7) is 0. The van der Waals surface area contributed by atoms with Crippen LogP contribution in [0.3, 0.4) is 0 Å². The van der Waals surface area contributed by atoms with Gasteiger partial charge in [0.1, 0.15) is 16.8 Å². The zero-order valence-corrected chi connectivity index (χ0v) is 12.2. The summed E-state index contributed by atoms with van der Waals surface area (Å²) in [5.41, 5.74) is 1.79. The van der Waals surface area contributed by atoms with Crippen molar-refractivity contribution in [2.24, 2.45) is 0 Å². The minimum absolute atomic E-state index is 0.117. The Balaban J connectivity index is 1.97. The first-order valence-electron chi connectivity index (χ1n) is 6.65. The van der Waals surface area contributed by atoms with Gasteiger partial charge in [-0.2, -0.15) is 8.75 Å². The van der Waals surface area contributed by atoms with Crippen molar-refractivity contribution in [1.29, 1.82) is 0 Å². The highest BCUT2D eigenvalue weighted by Crippen LogP contribution is 2.42. The number of carbonyl (C=O) groups is 1. The van der Waals surface area contributed by atoms with Crippen molar-refractivity contribution >= 4 is 28.7 Å². The molecule has 8 heteroatoms. The Kier molecular flexibility index (Phi) is 3.08. The van der Waals surface area contributed by atoms with E-state index in [0.717, 1.165) is 23.9 Å². The van der Waals surface area contributed by atoms with Crippen molar-refractivity contribution < 1.29 is 22.7 Å². The lowest BCUT2D eigenvalue weighted by atomic mass is 9.85. The minimum Gasteiger partial charge on any atom is -0.426 e. The number of rotatable bonds is 1. The first kappa shape index (κ1) is 14.1. The molecule has 0 unspecified atom stereocenters. The monoisotopic (exact) mass is 336 g/mol. The fourth-order valence-corrected chi connectivity index (χ4v) is 3.32. The van der Waals surface area contributed by atoms with Crippen LogP contribution < -0.4 is 4.74 Å². The maximum absolute atomic E-state index is 13.6. The van der Waals surface area contributed by atoms with Gasteiger partial charge in [-0.15, -0.1) is 0 Å². The second-order valence-corrected chi connectivity index (χ2v) is 5.67. The maximum Gasteiger partial charge on any atom is 0.312 e. The number of hydrogen-bond donors (Lipinski definition) is 0. The standard InChI is InChI=1S/C15H7F3N2O2S/c16-8-3-6(4-9(17)14(8)18)7-5-12(21)22-11-2-1-10-15(13(7)11)20-23-19-10/h1-4,7H,5H2/t7-/m0/s1. The summed E-state index contributed by atoms with van der Waals surface area (Å²) < 4.78 is 53.8. The van der Waals surface area contributed by atoms with Gasteiger partial charge in [-0.25, -0.2) is 13.2 Å². The van der Waals surface area contributed by atoms with E-state index >= 15 is 0 Å². The van der Waals surface area contributed by atoms with Gasteiger partial charge in [0.25, 0.3) is 0 Å². The summed E-state index contributed by atoms with van der Waals surface area (Å²) in [6.07, 6.45) is -0.117. The molecule has 4 nitrogen and oxygen atoms in total. The van der Waals surface area contributed by atoms with Crippen molar-refractivity contribution in [1.82, 2.24) is 8.75 Å². The molecule has 1 atom stereocenters. The van der Waals surface area contributed by atoms with E-state index < -0.39 is 29.3 Å². The first-order chi connectivity index (χ1) is 11.0. The number of hydrogen-bond acceptors (Lipinski definition) is 5. The lowest BCUT2D eigenvalue weighted by Crippen LogP contribution is -2.21. The van der Waals surface area contributed by atoms with Gasteiger partial charge in [-0.05, 0) is 29.8 Å². The number of benzene rings is 2. The Morgan fingerprint density at radius 1 is 1.13 bits per heavy atom. The number of ether oxygens (including phenoxy) is 1. The van der Waals surface area contributed by atoms with Gasteiger partial charge in [0.2, 0.25) is 0 Å². The quantitative estimate of drug-likeness (QED) is 0.387. The molecule has 2 aromatic carbocycles. The second-order valence-electron chi connectivity index (χ2n) is 5.14. The molecular weight excluding hydrogens is 329 g/mol. The molecule has 23 heavy (non-hydrogen) atoms. The molecular formula is C15H7F3N2O2S. The fourth-order valence-electron chi connectivity index (χ4n) is 2.77. The van der Waals surface area contributed by atoms with E-state index in [1.54, 1.807) is 12.1 Å². The van der Waals surface area contributed by atoms with Gasteiger partial charge in [-0.1, -0.05) is 0 Å². The van der Waals surface area contributed by atoms with Crippen molar-refractivity contribution in [2.75, 3.05) is 0 Å². The Morgan fingerprint density at radius 3 is 2.61 bits per heavy atom. The van der Waals surface area contributed by atoms with Crippen LogP contribution in [0.25, 0.3) is 11.0 Å². The summed E-state index contributed by atoms with van der Waals surface area (Å²) >= 11 is 0.984. The van der Waals surface area contributed by atoms with E-state index in [2.05, 4.69) is 8.75 Å². The van der Waals surface area contributed by atoms with Crippen LogP contribution in [-0.2, 0) is 4.79 Å². The first-order valence-corrected chi connectivity index (χ1v) is 7.38. The van der Waals surface area contributed by atoms with Crippen LogP contribution in [0.1, 0.15) is 23.5 Å². The predicted octanol–water partition coefficient (Wildman–Crippen LogP) is 3.55. The number of esters is 1. The number of carbonyl (C=O) groups excluding carboxylic acids is 1. The number of nitrogens with zero attached hydrogens (tertiary/aromatic N) is 2. The van der Waals surface area contributed by atoms with Crippen LogP contribution in [0.2, 0.25) is 0 Å². The van der Waals surface area contributed by atoms with Crippen LogP contribution in [0.4, 0.5) is 13.2 Å². The summed E-state index contributed by atoms with van der Waals surface area (Å²) in [5.74, 6) is -5.08. The van der Waals surface area contributed by atoms with Crippen molar-refractivity contribution in [3.8, 4) is 5.75 Å². The highest BCUT2D eigenvalue weighted by molar-refractivity contribution is 7.00. The second kappa shape index (κ2) is 5.02. The smallest absolute Gasteiger partial charge is 0.312 e. The van der Waals surface area contributed by atoms with Gasteiger partial charge in [0.05, 0.1) is 18.1 Å². The average molecular weight is 336 g/mol. The largest absolute Gasteiger partial charge is 0.426 e. The lowest BCUT2D eigenvalue weighted by molar-refractivity contribution is -0.135. The molecule has 0 radical (unpaired) electrons. The third kappa shape index (κ3) is 2.17. The molecule has 0 fully saturated rings. The molecule has 1 aliphatic heterocycles. The molecule has 1 aliphatic rings. The number of halogens is 3. The van der Waals surface area contributed by atoms with Gasteiger partial charge in [0, 0.05) is 11.5 Å². The van der Waals surface area contributed by atoms with Crippen molar-refractivity contribution in [3.63, 3.8) is 0 Å². The van der Waals surface area contributed by atoms with E-state index in [1.165, 1.54) is 0 Å². The van der Waals surface area contributed by atoms with E-state index in [9.17, 15) is 18.0 Å². The Hall–Kier alpha value is -2.48.